The first-order valence-electron chi connectivity index (χ1n) is 6.32. The standard InChI is InChI=1S/C13H28N2/c1-11-10-12(6-9-15(11)5)14-8-7-13(2,3)4/h11-12,14H,6-10H2,1-5H3. The van der Waals surface area contributed by atoms with E-state index in [4.69, 9.17) is 0 Å². The van der Waals surface area contributed by atoms with Crippen LogP contribution in [0.25, 0.3) is 0 Å². The van der Waals surface area contributed by atoms with Gasteiger partial charge in [0.2, 0.25) is 0 Å². The van der Waals surface area contributed by atoms with Crippen LogP contribution in [0.2, 0.25) is 0 Å². The number of hydrogen-bond acceptors (Lipinski definition) is 2. The van der Waals surface area contributed by atoms with Crippen molar-refractivity contribution < 1.29 is 0 Å². The fourth-order valence-electron chi connectivity index (χ4n) is 2.13. The van der Waals surface area contributed by atoms with Crippen LogP contribution >= 0.6 is 0 Å². The molecule has 1 saturated heterocycles. The van der Waals surface area contributed by atoms with Gasteiger partial charge in [-0.15, -0.1) is 0 Å². The van der Waals surface area contributed by atoms with Crippen LogP contribution in [0, 0.1) is 5.41 Å². The van der Waals surface area contributed by atoms with Gasteiger partial charge in [-0.3, -0.25) is 0 Å². The molecule has 1 N–H and O–H groups in total. The van der Waals surface area contributed by atoms with Gasteiger partial charge in [0, 0.05) is 12.1 Å². The average molecular weight is 212 g/mol. The van der Waals surface area contributed by atoms with E-state index >= 15 is 0 Å². The lowest BCUT2D eigenvalue weighted by Gasteiger charge is -2.35. The Labute approximate surface area is 95.4 Å². The monoisotopic (exact) mass is 212 g/mol. The van der Waals surface area contributed by atoms with Gasteiger partial charge in [-0.2, -0.15) is 0 Å². The Morgan fingerprint density at radius 1 is 1.33 bits per heavy atom. The van der Waals surface area contributed by atoms with Crippen LogP contribution in [0.1, 0.15) is 47.0 Å². The van der Waals surface area contributed by atoms with E-state index in [1.165, 1.54) is 32.4 Å². The van der Waals surface area contributed by atoms with Gasteiger partial charge in [0.05, 0.1) is 0 Å². The Hall–Kier alpha value is -0.0800. The Morgan fingerprint density at radius 3 is 2.53 bits per heavy atom. The summed E-state index contributed by atoms with van der Waals surface area (Å²) in [7, 11) is 2.23. The van der Waals surface area contributed by atoms with Gasteiger partial charge in [0.15, 0.2) is 0 Å². The van der Waals surface area contributed by atoms with Gasteiger partial charge in [-0.25, -0.2) is 0 Å². The lowest BCUT2D eigenvalue weighted by Crippen LogP contribution is -2.46. The molecule has 15 heavy (non-hydrogen) atoms. The summed E-state index contributed by atoms with van der Waals surface area (Å²) in [5.41, 5.74) is 0.462. The zero-order valence-electron chi connectivity index (χ0n) is 11.1. The molecule has 1 aliphatic heterocycles. The molecule has 2 unspecified atom stereocenters. The molecule has 0 radical (unpaired) electrons. The van der Waals surface area contributed by atoms with Crippen molar-refractivity contribution in [2.24, 2.45) is 5.41 Å². The minimum Gasteiger partial charge on any atom is -0.314 e. The molecule has 2 nitrogen and oxygen atoms in total. The van der Waals surface area contributed by atoms with Crippen molar-refractivity contribution in [3.63, 3.8) is 0 Å². The molecule has 2 heteroatoms. The van der Waals surface area contributed by atoms with E-state index in [1.807, 2.05) is 0 Å². The minimum absolute atomic E-state index is 0.462. The van der Waals surface area contributed by atoms with Gasteiger partial charge >= 0.3 is 0 Å². The summed E-state index contributed by atoms with van der Waals surface area (Å²) in [6, 6.07) is 1.49. The van der Waals surface area contributed by atoms with Crippen LogP contribution in [-0.2, 0) is 0 Å². The van der Waals surface area contributed by atoms with Crippen LogP contribution in [0.5, 0.6) is 0 Å². The van der Waals surface area contributed by atoms with E-state index in [2.05, 4.69) is 45.0 Å². The predicted octanol–water partition coefficient (Wildman–Crippen LogP) is 2.49. The van der Waals surface area contributed by atoms with Gasteiger partial charge in [0.1, 0.15) is 0 Å². The van der Waals surface area contributed by atoms with Crippen LogP contribution in [0.4, 0.5) is 0 Å². The third-order valence-corrected chi connectivity index (χ3v) is 3.52. The van der Waals surface area contributed by atoms with E-state index in [9.17, 15) is 0 Å². The number of nitrogens with one attached hydrogen (secondary N) is 1. The second-order valence-electron chi connectivity index (χ2n) is 6.32. The molecule has 0 saturated carbocycles. The highest BCUT2D eigenvalue weighted by Gasteiger charge is 2.22. The minimum atomic E-state index is 0.462. The number of rotatable bonds is 3. The zero-order chi connectivity index (χ0) is 11.5. The first-order chi connectivity index (χ1) is 6.88. The lowest BCUT2D eigenvalue weighted by molar-refractivity contribution is 0.166. The van der Waals surface area contributed by atoms with Crippen molar-refractivity contribution in [2.45, 2.75) is 59.0 Å². The molecule has 1 heterocycles. The Bertz CT molecular complexity index is 183. The highest BCUT2D eigenvalue weighted by Crippen LogP contribution is 2.19. The zero-order valence-corrected chi connectivity index (χ0v) is 11.1. The number of piperidine rings is 1. The van der Waals surface area contributed by atoms with E-state index < -0.39 is 0 Å². The molecule has 0 aliphatic carbocycles. The van der Waals surface area contributed by atoms with Crippen molar-refractivity contribution in [3.05, 3.63) is 0 Å². The van der Waals surface area contributed by atoms with Crippen LogP contribution in [0.3, 0.4) is 0 Å². The van der Waals surface area contributed by atoms with Crippen molar-refractivity contribution in [1.29, 1.82) is 0 Å². The maximum absolute atomic E-state index is 3.70. The fourth-order valence-corrected chi connectivity index (χ4v) is 2.13. The summed E-state index contributed by atoms with van der Waals surface area (Å²) in [4.78, 5) is 2.46. The highest BCUT2D eigenvalue weighted by atomic mass is 15.1. The summed E-state index contributed by atoms with van der Waals surface area (Å²) in [6.07, 6.45) is 3.89. The molecule has 2 atom stereocenters. The Balaban J connectivity index is 2.17. The molecular formula is C13H28N2. The topological polar surface area (TPSA) is 15.3 Å². The number of hydrogen-bond donors (Lipinski definition) is 1. The van der Waals surface area contributed by atoms with Gasteiger partial charge in [-0.1, -0.05) is 20.8 Å². The quantitative estimate of drug-likeness (QED) is 0.773. The molecule has 90 valence electrons. The van der Waals surface area contributed by atoms with Crippen molar-refractivity contribution in [2.75, 3.05) is 20.1 Å². The van der Waals surface area contributed by atoms with E-state index in [1.54, 1.807) is 0 Å². The Kier molecular flexibility index (Phi) is 4.60. The van der Waals surface area contributed by atoms with E-state index in [0.717, 1.165) is 12.1 Å². The number of nitrogens with zero attached hydrogens (tertiary/aromatic N) is 1. The summed E-state index contributed by atoms with van der Waals surface area (Å²) in [5.74, 6) is 0. The molecule has 0 aromatic rings. The summed E-state index contributed by atoms with van der Waals surface area (Å²) in [5, 5.41) is 3.70. The molecular weight excluding hydrogens is 184 g/mol. The van der Waals surface area contributed by atoms with Crippen LogP contribution < -0.4 is 5.32 Å². The molecule has 1 rings (SSSR count). The Morgan fingerprint density at radius 2 is 2.00 bits per heavy atom. The maximum Gasteiger partial charge on any atom is 0.00940 e. The summed E-state index contributed by atoms with van der Waals surface area (Å²) >= 11 is 0. The van der Waals surface area contributed by atoms with Crippen LogP contribution in [0.15, 0.2) is 0 Å². The molecule has 1 aliphatic rings. The molecule has 0 aromatic carbocycles. The average Bonchev–Trinajstić information content (AvgIpc) is 2.09. The number of likely N-dealkylation sites (tertiary alicyclic amines) is 1. The van der Waals surface area contributed by atoms with Gasteiger partial charge in [-0.05, 0) is 51.7 Å². The second-order valence-corrected chi connectivity index (χ2v) is 6.32. The maximum atomic E-state index is 3.70. The molecule has 0 aromatic heterocycles. The predicted molar refractivity (Wildman–Crippen MR) is 67.2 cm³/mol. The van der Waals surface area contributed by atoms with Crippen molar-refractivity contribution in [3.8, 4) is 0 Å². The lowest BCUT2D eigenvalue weighted by atomic mass is 9.91. The van der Waals surface area contributed by atoms with Crippen molar-refractivity contribution >= 4 is 0 Å². The third-order valence-electron chi connectivity index (χ3n) is 3.52. The first kappa shape index (κ1) is 13.0. The van der Waals surface area contributed by atoms with Crippen molar-refractivity contribution in [1.82, 2.24) is 10.2 Å². The second kappa shape index (κ2) is 5.31. The van der Waals surface area contributed by atoms with Gasteiger partial charge < -0.3 is 10.2 Å². The van der Waals surface area contributed by atoms with Gasteiger partial charge in [0.25, 0.3) is 0 Å². The van der Waals surface area contributed by atoms with E-state index in [-0.39, 0.29) is 0 Å². The third kappa shape index (κ3) is 4.98. The molecule has 0 amide bonds. The fraction of sp³-hybridized carbons (Fsp3) is 1.00. The molecule has 0 spiro atoms. The largest absolute Gasteiger partial charge is 0.314 e. The normalized spacial score (nSPS) is 29.4. The molecule has 0 bridgehead atoms. The summed E-state index contributed by atoms with van der Waals surface area (Å²) in [6.45, 7) is 11.7. The van der Waals surface area contributed by atoms with Crippen LogP contribution in [-0.4, -0.2) is 37.1 Å². The smallest absolute Gasteiger partial charge is 0.00940 e. The molecule has 1 fully saturated rings. The highest BCUT2D eigenvalue weighted by molar-refractivity contribution is 4.81. The van der Waals surface area contributed by atoms with E-state index in [0.29, 0.717) is 5.41 Å². The first-order valence-corrected chi connectivity index (χ1v) is 6.32. The summed E-state index contributed by atoms with van der Waals surface area (Å²) < 4.78 is 0. The SMILES string of the molecule is CC1CC(NCCC(C)(C)C)CCN1C.